The molecule has 0 spiro atoms. The molecule has 0 bridgehead atoms. The Bertz CT molecular complexity index is 897. The summed E-state index contributed by atoms with van der Waals surface area (Å²) in [7, 11) is 0. The number of esters is 1. The molecule has 138 valence electrons. The zero-order valence-corrected chi connectivity index (χ0v) is 15.2. The van der Waals surface area contributed by atoms with E-state index >= 15 is 0 Å². The Balaban J connectivity index is 1.75. The van der Waals surface area contributed by atoms with Crippen LogP contribution in [0.15, 0.2) is 59.2 Å². The van der Waals surface area contributed by atoms with Crippen LogP contribution in [0.25, 0.3) is 6.08 Å². The van der Waals surface area contributed by atoms with E-state index in [9.17, 15) is 9.59 Å². The van der Waals surface area contributed by atoms with Crippen molar-refractivity contribution >= 4 is 29.5 Å². The van der Waals surface area contributed by atoms with E-state index in [-0.39, 0.29) is 17.5 Å². The van der Waals surface area contributed by atoms with Gasteiger partial charge in [0.25, 0.3) is 0 Å². The minimum Gasteiger partial charge on any atom is -0.494 e. The highest BCUT2D eigenvalue weighted by Crippen LogP contribution is 2.21. The second kappa shape index (κ2) is 8.31. The van der Waals surface area contributed by atoms with Crippen molar-refractivity contribution in [1.29, 1.82) is 0 Å². The molecule has 2 aromatic rings. The van der Waals surface area contributed by atoms with Crippen LogP contribution in [-0.2, 0) is 14.3 Å². The lowest BCUT2D eigenvalue weighted by Crippen LogP contribution is -2.07. The maximum Gasteiger partial charge on any atom is 0.363 e. The van der Waals surface area contributed by atoms with Crippen molar-refractivity contribution in [2.24, 2.45) is 4.99 Å². The topological polar surface area (TPSA) is 77.0 Å². The third kappa shape index (κ3) is 4.82. The summed E-state index contributed by atoms with van der Waals surface area (Å²) in [5.74, 6) is 0.380. The van der Waals surface area contributed by atoms with E-state index in [1.165, 1.54) is 6.92 Å². The summed E-state index contributed by atoms with van der Waals surface area (Å²) in [6.45, 7) is 4.16. The molecule has 1 heterocycles. The van der Waals surface area contributed by atoms with Gasteiger partial charge in [0.05, 0.1) is 6.61 Å². The van der Waals surface area contributed by atoms with E-state index in [4.69, 9.17) is 9.47 Å². The predicted molar refractivity (Wildman–Crippen MR) is 104 cm³/mol. The van der Waals surface area contributed by atoms with Gasteiger partial charge in [-0.2, -0.15) is 0 Å². The Morgan fingerprint density at radius 2 is 1.85 bits per heavy atom. The molecule has 0 aliphatic carbocycles. The van der Waals surface area contributed by atoms with Crippen molar-refractivity contribution in [3.63, 3.8) is 0 Å². The number of hydrogen-bond acceptors (Lipinski definition) is 5. The maximum atomic E-state index is 12.1. The fourth-order valence-electron chi connectivity index (χ4n) is 2.47. The fraction of sp³-hybridized carbons (Fsp3) is 0.190. The number of nitrogens with zero attached hydrogens (tertiary/aromatic N) is 1. The Morgan fingerprint density at radius 3 is 2.48 bits per heavy atom. The van der Waals surface area contributed by atoms with Crippen molar-refractivity contribution in [2.75, 3.05) is 11.9 Å². The third-order valence-electron chi connectivity index (χ3n) is 3.73. The lowest BCUT2D eigenvalue weighted by molar-refractivity contribution is -0.129. The first-order valence-electron chi connectivity index (χ1n) is 8.68. The van der Waals surface area contributed by atoms with Crippen LogP contribution in [0.5, 0.6) is 5.75 Å². The molecule has 27 heavy (non-hydrogen) atoms. The van der Waals surface area contributed by atoms with Crippen LogP contribution in [0.1, 0.15) is 31.4 Å². The molecule has 6 nitrogen and oxygen atoms in total. The number of carbonyl (C=O) groups excluding carboxylic acids is 2. The molecule has 6 heteroatoms. The van der Waals surface area contributed by atoms with Gasteiger partial charge >= 0.3 is 5.97 Å². The van der Waals surface area contributed by atoms with Crippen LogP contribution in [0.2, 0.25) is 0 Å². The normalized spacial score (nSPS) is 14.7. The summed E-state index contributed by atoms with van der Waals surface area (Å²) < 4.78 is 10.8. The summed E-state index contributed by atoms with van der Waals surface area (Å²) in [4.78, 5) is 27.4. The first kappa shape index (κ1) is 18.4. The van der Waals surface area contributed by atoms with E-state index in [0.717, 1.165) is 17.7 Å². The molecule has 1 N–H and O–H groups in total. The van der Waals surface area contributed by atoms with Gasteiger partial charge in [0.1, 0.15) is 5.75 Å². The second-order valence-corrected chi connectivity index (χ2v) is 6.01. The van der Waals surface area contributed by atoms with Crippen molar-refractivity contribution in [3.05, 3.63) is 65.4 Å². The minimum absolute atomic E-state index is 0.149. The predicted octanol–water partition coefficient (Wildman–Crippen LogP) is 3.78. The van der Waals surface area contributed by atoms with Crippen LogP contribution in [0.3, 0.4) is 0 Å². The van der Waals surface area contributed by atoms with E-state index < -0.39 is 5.97 Å². The Kier molecular flexibility index (Phi) is 5.66. The summed E-state index contributed by atoms with van der Waals surface area (Å²) in [6.07, 6.45) is 2.62. The monoisotopic (exact) mass is 364 g/mol. The molecule has 0 saturated carbocycles. The summed E-state index contributed by atoms with van der Waals surface area (Å²) in [5, 5.41) is 2.68. The number of cyclic esters (lactones) is 1. The summed E-state index contributed by atoms with van der Waals surface area (Å²) in [5.41, 5.74) is 2.39. The Labute approximate surface area is 157 Å². The molecular weight excluding hydrogens is 344 g/mol. The number of rotatable bonds is 6. The average molecular weight is 364 g/mol. The largest absolute Gasteiger partial charge is 0.494 e. The molecule has 0 radical (unpaired) electrons. The van der Waals surface area contributed by atoms with Gasteiger partial charge in [0.2, 0.25) is 11.8 Å². The summed E-state index contributed by atoms with van der Waals surface area (Å²) in [6, 6.07) is 14.4. The van der Waals surface area contributed by atoms with Crippen molar-refractivity contribution in [1.82, 2.24) is 0 Å². The third-order valence-corrected chi connectivity index (χ3v) is 3.73. The molecule has 0 saturated heterocycles. The first-order valence-corrected chi connectivity index (χ1v) is 8.68. The van der Waals surface area contributed by atoms with Gasteiger partial charge in [-0.1, -0.05) is 19.1 Å². The zero-order valence-electron chi connectivity index (χ0n) is 15.2. The summed E-state index contributed by atoms with van der Waals surface area (Å²) >= 11 is 0. The second-order valence-electron chi connectivity index (χ2n) is 6.01. The average Bonchev–Trinajstić information content (AvgIpc) is 3.02. The highest BCUT2D eigenvalue weighted by Gasteiger charge is 2.24. The van der Waals surface area contributed by atoms with Gasteiger partial charge in [-0.15, -0.1) is 0 Å². The number of ether oxygens (including phenoxy) is 2. The highest BCUT2D eigenvalue weighted by molar-refractivity contribution is 6.13. The maximum absolute atomic E-state index is 12.1. The van der Waals surface area contributed by atoms with Crippen LogP contribution in [0.4, 0.5) is 5.69 Å². The molecule has 1 aliphatic rings. The molecule has 2 aromatic carbocycles. The molecule has 3 rings (SSSR count). The van der Waals surface area contributed by atoms with E-state index in [1.54, 1.807) is 30.3 Å². The number of benzene rings is 2. The number of nitrogens with one attached hydrogen (secondary N) is 1. The highest BCUT2D eigenvalue weighted by atomic mass is 16.6. The smallest absolute Gasteiger partial charge is 0.363 e. The Morgan fingerprint density at radius 1 is 1.15 bits per heavy atom. The standard InChI is InChI=1S/C21H20N2O4/c1-3-12-26-18-10-4-15(5-11-18)13-19-21(25)27-20(23-19)16-6-8-17(9-7-16)22-14(2)24/h4-11,13H,3,12H2,1-2H3,(H,22,24)/b19-13-. The minimum atomic E-state index is -0.498. The lowest BCUT2D eigenvalue weighted by atomic mass is 10.2. The van der Waals surface area contributed by atoms with Gasteiger partial charge in [-0.25, -0.2) is 9.79 Å². The van der Waals surface area contributed by atoms with Gasteiger partial charge in [-0.3, -0.25) is 4.79 Å². The Hall–Kier alpha value is -3.41. The molecular formula is C21H20N2O4. The van der Waals surface area contributed by atoms with Crippen LogP contribution >= 0.6 is 0 Å². The van der Waals surface area contributed by atoms with Crippen molar-refractivity contribution in [2.45, 2.75) is 20.3 Å². The van der Waals surface area contributed by atoms with Gasteiger partial charge in [0, 0.05) is 18.2 Å². The number of carbonyl (C=O) groups is 2. The fourth-order valence-corrected chi connectivity index (χ4v) is 2.47. The quantitative estimate of drug-likeness (QED) is 0.625. The van der Waals surface area contributed by atoms with Crippen LogP contribution in [0, 0.1) is 0 Å². The molecule has 1 amide bonds. The van der Waals surface area contributed by atoms with Crippen molar-refractivity contribution in [3.8, 4) is 5.75 Å². The van der Waals surface area contributed by atoms with Gasteiger partial charge in [0.15, 0.2) is 5.70 Å². The molecule has 0 aromatic heterocycles. The van der Waals surface area contributed by atoms with E-state index in [0.29, 0.717) is 17.9 Å². The molecule has 0 unspecified atom stereocenters. The lowest BCUT2D eigenvalue weighted by Gasteiger charge is -2.04. The molecule has 0 atom stereocenters. The number of anilines is 1. The first-order chi connectivity index (χ1) is 13.0. The van der Waals surface area contributed by atoms with Gasteiger partial charge < -0.3 is 14.8 Å². The number of hydrogen-bond donors (Lipinski definition) is 1. The van der Waals surface area contributed by atoms with Crippen molar-refractivity contribution < 1.29 is 19.1 Å². The SMILES string of the molecule is CCCOc1ccc(/C=C2\N=C(c3ccc(NC(C)=O)cc3)OC2=O)cc1. The van der Waals surface area contributed by atoms with Crippen LogP contribution in [-0.4, -0.2) is 24.4 Å². The molecule has 1 aliphatic heterocycles. The van der Waals surface area contributed by atoms with E-state index in [2.05, 4.69) is 10.3 Å². The number of aliphatic imine (C=N–C) groups is 1. The van der Waals surface area contributed by atoms with Gasteiger partial charge in [-0.05, 0) is 54.5 Å². The van der Waals surface area contributed by atoms with Crippen LogP contribution < -0.4 is 10.1 Å². The molecule has 0 fully saturated rings. The zero-order chi connectivity index (χ0) is 19.2. The number of amides is 1. The van der Waals surface area contributed by atoms with E-state index in [1.807, 2.05) is 31.2 Å².